The molecule has 100 valence electrons. The Labute approximate surface area is 115 Å². The Balaban J connectivity index is 1.72. The predicted molar refractivity (Wildman–Crippen MR) is 75.3 cm³/mol. The second-order valence-electron chi connectivity index (χ2n) is 4.64. The van der Waals surface area contributed by atoms with Crippen molar-refractivity contribution >= 4 is 22.3 Å². The van der Waals surface area contributed by atoms with Crippen LogP contribution in [-0.4, -0.2) is 35.6 Å². The number of anilines is 2. The zero-order chi connectivity index (χ0) is 13.2. The smallest absolute Gasteiger partial charge is 0.185 e. The number of piperazine rings is 1. The number of aromatic nitrogens is 2. The van der Waals surface area contributed by atoms with Crippen molar-refractivity contribution in [3.8, 4) is 0 Å². The van der Waals surface area contributed by atoms with Gasteiger partial charge < -0.3 is 9.80 Å². The van der Waals surface area contributed by atoms with Crippen LogP contribution >= 0.6 is 11.3 Å². The van der Waals surface area contributed by atoms with Crippen LogP contribution in [0.25, 0.3) is 0 Å². The highest BCUT2D eigenvalue weighted by molar-refractivity contribution is 7.13. The number of hydrogen-bond acceptors (Lipinski definition) is 5. The summed E-state index contributed by atoms with van der Waals surface area (Å²) >= 11 is 1.66. The van der Waals surface area contributed by atoms with Crippen LogP contribution < -0.4 is 9.80 Å². The summed E-state index contributed by atoms with van der Waals surface area (Å²) in [6.45, 7) is 4.84. The van der Waals surface area contributed by atoms with Crippen LogP contribution in [-0.2, 0) is 0 Å². The molecule has 0 aliphatic carbocycles. The fourth-order valence-corrected chi connectivity index (χ4v) is 3.13. The van der Waals surface area contributed by atoms with E-state index < -0.39 is 0 Å². The highest BCUT2D eigenvalue weighted by Crippen LogP contribution is 2.24. The molecule has 3 rings (SSSR count). The Morgan fingerprint density at radius 1 is 1.32 bits per heavy atom. The Kier molecular flexibility index (Phi) is 3.33. The minimum atomic E-state index is -0.293. The minimum absolute atomic E-state index is 0.293. The number of thiazole rings is 1. The van der Waals surface area contributed by atoms with E-state index in [1.54, 1.807) is 17.4 Å². The van der Waals surface area contributed by atoms with Gasteiger partial charge in [0.1, 0.15) is 11.6 Å². The average Bonchev–Trinajstić information content (AvgIpc) is 2.93. The van der Waals surface area contributed by atoms with E-state index in [9.17, 15) is 4.39 Å². The summed E-state index contributed by atoms with van der Waals surface area (Å²) in [5.74, 6) is 0.547. The van der Waals surface area contributed by atoms with E-state index in [2.05, 4.69) is 26.7 Å². The lowest BCUT2D eigenvalue weighted by atomic mass is 10.2. The largest absolute Gasteiger partial charge is 0.353 e. The van der Waals surface area contributed by atoms with E-state index in [4.69, 9.17) is 0 Å². The highest BCUT2D eigenvalue weighted by atomic mass is 32.1. The fraction of sp³-hybridized carbons (Fsp3) is 0.385. The molecule has 0 N–H and O–H groups in total. The molecule has 0 aromatic carbocycles. The second kappa shape index (κ2) is 5.13. The Hall–Kier alpha value is -1.69. The SMILES string of the molecule is CC1CN(c2ccc(F)cn2)CCN1c1nccs1. The van der Waals surface area contributed by atoms with Gasteiger partial charge in [-0.25, -0.2) is 14.4 Å². The number of rotatable bonds is 2. The van der Waals surface area contributed by atoms with E-state index in [0.29, 0.717) is 6.04 Å². The van der Waals surface area contributed by atoms with E-state index in [1.165, 1.54) is 12.3 Å². The van der Waals surface area contributed by atoms with Gasteiger partial charge in [-0.05, 0) is 19.1 Å². The van der Waals surface area contributed by atoms with Gasteiger partial charge in [0.15, 0.2) is 5.13 Å². The van der Waals surface area contributed by atoms with Gasteiger partial charge in [0, 0.05) is 37.3 Å². The van der Waals surface area contributed by atoms with Gasteiger partial charge in [0.05, 0.1) is 6.20 Å². The summed E-state index contributed by atoms with van der Waals surface area (Å²) < 4.78 is 12.9. The third kappa shape index (κ3) is 2.53. The highest BCUT2D eigenvalue weighted by Gasteiger charge is 2.25. The summed E-state index contributed by atoms with van der Waals surface area (Å²) in [6, 6.07) is 3.56. The Morgan fingerprint density at radius 3 is 2.84 bits per heavy atom. The van der Waals surface area contributed by atoms with Crippen molar-refractivity contribution in [3.05, 3.63) is 35.7 Å². The van der Waals surface area contributed by atoms with Crippen LogP contribution in [0.5, 0.6) is 0 Å². The lowest BCUT2D eigenvalue weighted by molar-refractivity contribution is 0.545. The summed E-state index contributed by atoms with van der Waals surface area (Å²) in [6.07, 6.45) is 3.10. The minimum Gasteiger partial charge on any atom is -0.353 e. The zero-order valence-electron chi connectivity index (χ0n) is 10.7. The summed E-state index contributed by atoms with van der Waals surface area (Å²) in [5, 5.41) is 3.06. The van der Waals surface area contributed by atoms with Gasteiger partial charge in [0.25, 0.3) is 0 Å². The van der Waals surface area contributed by atoms with Gasteiger partial charge in [-0.3, -0.25) is 0 Å². The van der Waals surface area contributed by atoms with Crippen molar-refractivity contribution < 1.29 is 4.39 Å². The molecule has 1 fully saturated rings. The van der Waals surface area contributed by atoms with Crippen molar-refractivity contribution in [3.63, 3.8) is 0 Å². The van der Waals surface area contributed by atoms with E-state index >= 15 is 0 Å². The maximum atomic E-state index is 12.9. The molecule has 2 aromatic rings. The summed E-state index contributed by atoms with van der Waals surface area (Å²) in [7, 11) is 0. The summed E-state index contributed by atoms with van der Waals surface area (Å²) in [4.78, 5) is 13.0. The Bertz CT molecular complexity index is 528. The van der Waals surface area contributed by atoms with Crippen molar-refractivity contribution in [2.45, 2.75) is 13.0 Å². The normalized spacial score (nSPS) is 19.8. The molecule has 3 heterocycles. The monoisotopic (exact) mass is 278 g/mol. The number of pyridine rings is 1. The molecule has 1 unspecified atom stereocenters. The molecular weight excluding hydrogens is 263 g/mol. The van der Waals surface area contributed by atoms with Crippen LogP contribution in [0.4, 0.5) is 15.3 Å². The van der Waals surface area contributed by atoms with Crippen LogP contribution in [0, 0.1) is 5.82 Å². The molecule has 0 amide bonds. The number of hydrogen-bond donors (Lipinski definition) is 0. The van der Waals surface area contributed by atoms with Gasteiger partial charge in [0.2, 0.25) is 0 Å². The maximum absolute atomic E-state index is 12.9. The van der Waals surface area contributed by atoms with Gasteiger partial charge in [-0.1, -0.05) is 0 Å². The van der Waals surface area contributed by atoms with Gasteiger partial charge >= 0.3 is 0 Å². The van der Waals surface area contributed by atoms with Crippen LogP contribution in [0.1, 0.15) is 6.92 Å². The molecule has 0 saturated carbocycles. The topological polar surface area (TPSA) is 32.3 Å². The predicted octanol–water partition coefficient (Wildman–Crippen LogP) is 2.39. The summed E-state index contributed by atoms with van der Waals surface area (Å²) in [5.41, 5.74) is 0. The van der Waals surface area contributed by atoms with E-state index in [-0.39, 0.29) is 5.82 Å². The van der Waals surface area contributed by atoms with Gasteiger partial charge in [-0.15, -0.1) is 11.3 Å². The molecule has 2 aromatic heterocycles. The first-order chi connectivity index (χ1) is 9.24. The van der Waals surface area contributed by atoms with Crippen LogP contribution in [0.2, 0.25) is 0 Å². The van der Waals surface area contributed by atoms with Crippen LogP contribution in [0.15, 0.2) is 29.9 Å². The molecule has 1 aliphatic rings. The standard InChI is InChI=1S/C13H15FN4S/c1-10-9-17(12-3-2-11(14)8-16-12)5-6-18(10)13-15-4-7-19-13/h2-4,7-8,10H,5-6,9H2,1H3. The quantitative estimate of drug-likeness (QED) is 0.844. The third-order valence-corrected chi connectivity index (χ3v) is 4.14. The van der Waals surface area contributed by atoms with Crippen molar-refractivity contribution in [1.82, 2.24) is 9.97 Å². The second-order valence-corrected chi connectivity index (χ2v) is 5.51. The third-order valence-electron chi connectivity index (χ3n) is 3.33. The molecule has 1 atom stereocenters. The van der Waals surface area contributed by atoms with Gasteiger partial charge in [-0.2, -0.15) is 0 Å². The molecule has 0 radical (unpaired) electrons. The van der Waals surface area contributed by atoms with Crippen molar-refractivity contribution in [2.75, 3.05) is 29.4 Å². The lowest BCUT2D eigenvalue weighted by Crippen LogP contribution is -2.52. The molecule has 6 heteroatoms. The molecular formula is C13H15FN4S. The first kappa shape index (κ1) is 12.3. The number of halogens is 1. The van der Waals surface area contributed by atoms with E-state index in [1.807, 2.05) is 11.6 Å². The molecule has 4 nitrogen and oxygen atoms in total. The number of nitrogens with zero attached hydrogens (tertiary/aromatic N) is 4. The average molecular weight is 278 g/mol. The molecule has 0 bridgehead atoms. The first-order valence-electron chi connectivity index (χ1n) is 6.26. The van der Waals surface area contributed by atoms with E-state index in [0.717, 1.165) is 30.6 Å². The fourth-order valence-electron chi connectivity index (χ4n) is 2.36. The Morgan fingerprint density at radius 2 is 2.21 bits per heavy atom. The maximum Gasteiger partial charge on any atom is 0.185 e. The molecule has 1 aliphatic heterocycles. The molecule has 0 spiro atoms. The van der Waals surface area contributed by atoms with Crippen molar-refractivity contribution in [1.29, 1.82) is 0 Å². The van der Waals surface area contributed by atoms with Crippen LogP contribution in [0.3, 0.4) is 0 Å². The lowest BCUT2D eigenvalue weighted by Gasteiger charge is -2.40. The molecule has 1 saturated heterocycles. The first-order valence-corrected chi connectivity index (χ1v) is 7.14. The molecule has 19 heavy (non-hydrogen) atoms. The van der Waals surface area contributed by atoms with Crippen molar-refractivity contribution in [2.24, 2.45) is 0 Å². The zero-order valence-corrected chi connectivity index (χ0v) is 11.5.